The molecule has 0 aliphatic rings. The molecule has 0 saturated carbocycles. The molecule has 0 aromatic heterocycles. The van der Waals surface area contributed by atoms with Gasteiger partial charge in [-0.05, 0) is 62.4 Å². The quantitative estimate of drug-likeness (QED) is 0.394. The first kappa shape index (κ1) is 19.2. The number of nitrogens with two attached hydrogens (primary N) is 1. The van der Waals surface area contributed by atoms with Crippen LogP contribution >= 0.6 is 0 Å². The number of aryl methyl sites for hydroxylation is 2. The molecule has 4 aromatic rings. The van der Waals surface area contributed by atoms with Crippen LogP contribution in [0.1, 0.15) is 11.1 Å². The molecular formula is C26H26N2. The molecule has 0 spiro atoms. The maximum absolute atomic E-state index is 5.43. The van der Waals surface area contributed by atoms with Gasteiger partial charge in [-0.3, -0.25) is 0 Å². The van der Waals surface area contributed by atoms with Crippen molar-refractivity contribution >= 4 is 22.7 Å². The maximum atomic E-state index is 5.43. The van der Waals surface area contributed by atoms with E-state index in [1.165, 1.54) is 28.2 Å². The van der Waals surface area contributed by atoms with Crippen molar-refractivity contribution < 1.29 is 0 Å². The Labute approximate surface area is 167 Å². The molecule has 0 fully saturated rings. The van der Waals surface area contributed by atoms with Crippen LogP contribution in [0.15, 0.2) is 109 Å². The second-order valence-corrected chi connectivity index (χ2v) is 6.75. The van der Waals surface area contributed by atoms with Crippen LogP contribution in [0.25, 0.3) is 0 Å². The fourth-order valence-corrected chi connectivity index (χ4v) is 2.86. The number of nitrogen functional groups attached to an aromatic ring is 1. The van der Waals surface area contributed by atoms with Crippen LogP contribution in [0.4, 0.5) is 22.7 Å². The van der Waals surface area contributed by atoms with Crippen LogP contribution in [0.2, 0.25) is 0 Å². The number of hydrogen-bond donors (Lipinski definition) is 1. The monoisotopic (exact) mass is 366 g/mol. The van der Waals surface area contributed by atoms with Gasteiger partial charge < -0.3 is 10.6 Å². The zero-order valence-corrected chi connectivity index (χ0v) is 16.4. The van der Waals surface area contributed by atoms with Crippen molar-refractivity contribution in [3.05, 3.63) is 120 Å². The molecule has 2 nitrogen and oxygen atoms in total. The van der Waals surface area contributed by atoms with Gasteiger partial charge in [-0.1, -0.05) is 71.8 Å². The van der Waals surface area contributed by atoms with Gasteiger partial charge in [-0.25, -0.2) is 0 Å². The fourth-order valence-electron chi connectivity index (χ4n) is 2.86. The van der Waals surface area contributed by atoms with Crippen LogP contribution in [0.3, 0.4) is 0 Å². The first-order valence-electron chi connectivity index (χ1n) is 9.42. The lowest BCUT2D eigenvalue weighted by atomic mass is 10.1. The van der Waals surface area contributed by atoms with Crippen LogP contribution in [-0.4, -0.2) is 0 Å². The molecule has 2 heteroatoms. The van der Waals surface area contributed by atoms with E-state index in [4.69, 9.17) is 5.73 Å². The summed E-state index contributed by atoms with van der Waals surface area (Å²) < 4.78 is 0. The number of anilines is 4. The Balaban J connectivity index is 0.000000236. The summed E-state index contributed by atoms with van der Waals surface area (Å²) in [6.45, 7) is 4.15. The van der Waals surface area contributed by atoms with E-state index in [9.17, 15) is 0 Å². The number of hydrogen-bond acceptors (Lipinski definition) is 2. The molecule has 0 amide bonds. The molecule has 0 saturated heterocycles. The van der Waals surface area contributed by atoms with E-state index in [1.807, 2.05) is 43.3 Å². The van der Waals surface area contributed by atoms with Gasteiger partial charge in [0.05, 0.1) is 0 Å². The predicted molar refractivity (Wildman–Crippen MR) is 121 cm³/mol. The number of para-hydroxylation sites is 2. The third-order valence-electron chi connectivity index (χ3n) is 4.40. The molecule has 2 N–H and O–H groups in total. The van der Waals surface area contributed by atoms with E-state index in [-0.39, 0.29) is 0 Å². The summed E-state index contributed by atoms with van der Waals surface area (Å²) in [5.74, 6) is 0. The highest BCUT2D eigenvalue weighted by Gasteiger charge is 2.10. The SMILES string of the molecule is Cc1ccc(N(c2ccccc2)c2ccccc2)cc1.Cc1ccc(N)cc1. The minimum Gasteiger partial charge on any atom is -0.399 e. The number of nitrogens with zero attached hydrogens (tertiary/aromatic N) is 1. The topological polar surface area (TPSA) is 29.3 Å². The van der Waals surface area contributed by atoms with Crippen LogP contribution < -0.4 is 10.6 Å². The molecule has 0 aliphatic carbocycles. The van der Waals surface area contributed by atoms with Gasteiger partial charge >= 0.3 is 0 Å². The second kappa shape index (κ2) is 9.43. The molecule has 4 rings (SSSR count). The Bertz CT molecular complexity index is 900. The highest BCUT2D eigenvalue weighted by molar-refractivity contribution is 5.76. The van der Waals surface area contributed by atoms with Crippen molar-refractivity contribution in [2.75, 3.05) is 10.6 Å². The fraction of sp³-hybridized carbons (Fsp3) is 0.0769. The Morgan fingerprint density at radius 1 is 0.464 bits per heavy atom. The summed E-state index contributed by atoms with van der Waals surface area (Å²) in [6, 6.07) is 37.3. The van der Waals surface area contributed by atoms with E-state index in [0.717, 1.165) is 5.69 Å². The van der Waals surface area contributed by atoms with Crippen LogP contribution in [0.5, 0.6) is 0 Å². The van der Waals surface area contributed by atoms with Crippen molar-refractivity contribution in [3.8, 4) is 0 Å². The lowest BCUT2D eigenvalue weighted by molar-refractivity contribution is 1.27. The zero-order valence-electron chi connectivity index (χ0n) is 16.4. The van der Waals surface area contributed by atoms with E-state index in [1.54, 1.807) is 0 Å². The molecule has 28 heavy (non-hydrogen) atoms. The molecule has 4 aromatic carbocycles. The molecule has 0 aliphatic heterocycles. The Morgan fingerprint density at radius 3 is 1.21 bits per heavy atom. The Morgan fingerprint density at radius 2 is 0.821 bits per heavy atom. The second-order valence-electron chi connectivity index (χ2n) is 6.75. The highest BCUT2D eigenvalue weighted by atomic mass is 15.1. The molecule has 0 heterocycles. The summed E-state index contributed by atoms with van der Waals surface area (Å²) in [7, 11) is 0. The summed E-state index contributed by atoms with van der Waals surface area (Å²) in [5, 5.41) is 0. The minimum absolute atomic E-state index is 0.829. The lowest BCUT2D eigenvalue weighted by Gasteiger charge is -2.25. The first-order chi connectivity index (χ1) is 13.6. The molecule has 0 atom stereocenters. The van der Waals surface area contributed by atoms with Crippen molar-refractivity contribution in [2.24, 2.45) is 0 Å². The van der Waals surface area contributed by atoms with Gasteiger partial charge in [0.2, 0.25) is 0 Å². The van der Waals surface area contributed by atoms with E-state index >= 15 is 0 Å². The smallest absolute Gasteiger partial charge is 0.0461 e. The van der Waals surface area contributed by atoms with Gasteiger partial charge in [0.15, 0.2) is 0 Å². The van der Waals surface area contributed by atoms with Gasteiger partial charge in [-0.2, -0.15) is 0 Å². The summed E-state index contributed by atoms with van der Waals surface area (Å²) in [6.07, 6.45) is 0. The van der Waals surface area contributed by atoms with E-state index in [2.05, 4.69) is 84.6 Å². The zero-order chi connectivity index (χ0) is 19.8. The summed E-state index contributed by atoms with van der Waals surface area (Å²) in [5.41, 5.74) is 12.3. The average Bonchev–Trinajstić information content (AvgIpc) is 2.74. The van der Waals surface area contributed by atoms with E-state index in [0.29, 0.717) is 0 Å². The van der Waals surface area contributed by atoms with Gasteiger partial charge in [0, 0.05) is 22.7 Å². The van der Waals surface area contributed by atoms with Crippen molar-refractivity contribution in [1.82, 2.24) is 0 Å². The van der Waals surface area contributed by atoms with Crippen molar-refractivity contribution in [2.45, 2.75) is 13.8 Å². The molecule has 0 unspecified atom stereocenters. The molecule has 0 bridgehead atoms. The molecule has 0 radical (unpaired) electrons. The van der Waals surface area contributed by atoms with Gasteiger partial charge in [-0.15, -0.1) is 0 Å². The number of benzene rings is 4. The van der Waals surface area contributed by atoms with Gasteiger partial charge in [0.1, 0.15) is 0 Å². The summed E-state index contributed by atoms with van der Waals surface area (Å²) >= 11 is 0. The number of rotatable bonds is 3. The Hall–Kier alpha value is -3.52. The lowest BCUT2D eigenvalue weighted by Crippen LogP contribution is -2.09. The first-order valence-corrected chi connectivity index (χ1v) is 9.42. The standard InChI is InChI=1S/C19H17N.C7H9N/c1-16-12-14-19(15-13-16)20(17-8-4-2-5-9-17)18-10-6-3-7-11-18;1-6-2-4-7(8)5-3-6/h2-15H,1H3;2-5H,8H2,1H3. The van der Waals surface area contributed by atoms with Crippen molar-refractivity contribution in [1.29, 1.82) is 0 Å². The predicted octanol–water partition coefficient (Wildman–Crippen LogP) is 7.04. The van der Waals surface area contributed by atoms with Crippen LogP contribution in [0, 0.1) is 13.8 Å². The van der Waals surface area contributed by atoms with Crippen LogP contribution in [-0.2, 0) is 0 Å². The highest BCUT2D eigenvalue weighted by Crippen LogP contribution is 2.33. The largest absolute Gasteiger partial charge is 0.399 e. The molecular weight excluding hydrogens is 340 g/mol. The summed E-state index contributed by atoms with van der Waals surface area (Å²) in [4.78, 5) is 2.26. The Kier molecular flexibility index (Phi) is 6.48. The molecule has 140 valence electrons. The average molecular weight is 367 g/mol. The van der Waals surface area contributed by atoms with E-state index < -0.39 is 0 Å². The normalized spacial score (nSPS) is 9.93. The third kappa shape index (κ3) is 5.24. The minimum atomic E-state index is 0.829. The maximum Gasteiger partial charge on any atom is 0.0461 e. The van der Waals surface area contributed by atoms with Crippen molar-refractivity contribution in [3.63, 3.8) is 0 Å². The van der Waals surface area contributed by atoms with Gasteiger partial charge in [0.25, 0.3) is 0 Å². The third-order valence-corrected chi connectivity index (χ3v) is 4.40.